The number of benzene rings is 3. The molecule has 0 radical (unpaired) electrons. The van der Waals surface area contributed by atoms with E-state index in [4.69, 9.17) is 4.74 Å². The first-order valence-electron chi connectivity index (χ1n) is 11.2. The van der Waals surface area contributed by atoms with Crippen molar-refractivity contribution in [3.63, 3.8) is 0 Å². The molecule has 178 valence electrons. The van der Waals surface area contributed by atoms with Crippen molar-refractivity contribution in [2.75, 3.05) is 6.54 Å². The predicted molar refractivity (Wildman–Crippen MR) is 129 cm³/mol. The number of alkyl carbamates (subject to hydrolysis) is 1. The van der Waals surface area contributed by atoms with Crippen LogP contribution in [0.25, 0.3) is 0 Å². The summed E-state index contributed by atoms with van der Waals surface area (Å²) >= 11 is 0. The molecular weight excluding hydrogens is 432 g/mol. The molecule has 0 bridgehead atoms. The van der Waals surface area contributed by atoms with E-state index < -0.39 is 30.3 Å². The van der Waals surface area contributed by atoms with Gasteiger partial charge in [0.15, 0.2) is 0 Å². The fourth-order valence-electron chi connectivity index (χ4n) is 3.57. The summed E-state index contributed by atoms with van der Waals surface area (Å²) in [6.07, 6.45) is -1.05. The van der Waals surface area contributed by atoms with Gasteiger partial charge in [0.25, 0.3) is 0 Å². The third kappa shape index (κ3) is 8.35. The number of carbonyl (C=O) groups is 2. The molecule has 0 saturated carbocycles. The van der Waals surface area contributed by atoms with Gasteiger partial charge in [-0.05, 0) is 29.5 Å². The first kappa shape index (κ1) is 25.0. The minimum atomic E-state index is -1.04. The second-order valence-electron chi connectivity index (χ2n) is 8.06. The number of hydrogen-bond acceptors (Lipinski definition) is 5. The van der Waals surface area contributed by atoms with Crippen LogP contribution in [0.2, 0.25) is 0 Å². The molecule has 0 aliphatic carbocycles. The minimum absolute atomic E-state index is 0.0136. The van der Waals surface area contributed by atoms with E-state index in [2.05, 4.69) is 10.6 Å². The van der Waals surface area contributed by atoms with E-state index in [0.717, 1.165) is 16.7 Å². The van der Waals surface area contributed by atoms with Crippen LogP contribution in [0.4, 0.5) is 4.79 Å². The highest BCUT2D eigenvalue weighted by molar-refractivity contribution is 5.74. The minimum Gasteiger partial charge on any atom is -0.480 e. The molecule has 3 aromatic carbocycles. The van der Waals surface area contributed by atoms with Gasteiger partial charge < -0.3 is 25.6 Å². The number of aliphatic hydroxyl groups excluding tert-OH is 1. The molecule has 3 aromatic rings. The van der Waals surface area contributed by atoms with E-state index >= 15 is 0 Å². The van der Waals surface area contributed by atoms with Gasteiger partial charge in [-0.3, -0.25) is 4.79 Å². The Hall–Kier alpha value is -3.68. The van der Waals surface area contributed by atoms with Crippen molar-refractivity contribution >= 4 is 12.1 Å². The Balaban J connectivity index is 1.61. The molecule has 3 atom stereocenters. The topological polar surface area (TPSA) is 108 Å². The number of hydrogen-bond donors (Lipinski definition) is 4. The van der Waals surface area contributed by atoms with E-state index in [0.29, 0.717) is 6.42 Å². The second kappa shape index (κ2) is 13.1. The number of aliphatic carboxylic acids is 1. The summed E-state index contributed by atoms with van der Waals surface area (Å²) in [5, 5.41) is 26.1. The molecular formula is C27H30N2O5. The van der Waals surface area contributed by atoms with E-state index in [-0.39, 0.29) is 19.6 Å². The first-order valence-corrected chi connectivity index (χ1v) is 11.2. The Morgan fingerprint density at radius 3 is 1.79 bits per heavy atom. The van der Waals surface area contributed by atoms with Gasteiger partial charge in [0.1, 0.15) is 12.6 Å². The van der Waals surface area contributed by atoms with Gasteiger partial charge >= 0.3 is 12.1 Å². The van der Waals surface area contributed by atoms with Gasteiger partial charge in [0.05, 0.1) is 12.1 Å². The number of nitrogens with one attached hydrogen (secondary N) is 2. The van der Waals surface area contributed by atoms with Crippen LogP contribution in [0.15, 0.2) is 91.0 Å². The van der Waals surface area contributed by atoms with Gasteiger partial charge in [-0.2, -0.15) is 0 Å². The third-order valence-electron chi connectivity index (χ3n) is 5.43. The van der Waals surface area contributed by atoms with Crippen LogP contribution in [-0.2, 0) is 29.0 Å². The largest absolute Gasteiger partial charge is 0.480 e. The average Bonchev–Trinajstić information content (AvgIpc) is 2.86. The molecule has 0 fully saturated rings. The van der Waals surface area contributed by atoms with Crippen LogP contribution in [0.1, 0.15) is 16.7 Å². The first-order chi connectivity index (χ1) is 16.5. The SMILES string of the molecule is O=C(N[C@@H](Cc1ccccc1)C(O)CN[C@@H](Cc1ccccc1)C(=O)O)OCc1ccccc1. The number of rotatable bonds is 12. The van der Waals surface area contributed by atoms with Crippen LogP contribution >= 0.6 is 0 Å². The van der Waals surface area contributed by atoms with Crippen LogP contribution in [0.3, 0.4) is 0 Å². The molecule has 0 aliphatic rings. The number of carboxylic acid groups (broad SMARTS) is 1. The zero-order chi connectivity index (χ0) is 24.2. The van der Waals surface area contributed by atoms with E-state index in [1.165, 1.54) is 0 Å². The van der Waals surface area contributed by atoms with Gasteiger partial charge in [-0.25, -0.2) is 4.79 Å². The molecule has 0 heterocycles. The summed E-state index contributed by atoms with van der Waals surface area (Å²) in [7, 11) is 0. The Labute approximate surface area is 199 Å². The van der Waals surface area contributed by atoms with E-state index in [9.17, 15) is 19.8 Å². The molecule has 0 saturated heterocycles. The predicted octanol–water partition coefficient (Wildman–Crippen LogP) is 3.17. The molecule has 34 heavy (non-hydrogen) atoms. The zero-order valence-corrected chi connectivity index (χ0v) is 18.8. The van der Waals surface area contributed by atoms with Crippen molar-refractivity contribution in [2.24, 2.45) is 0 Å². The Morgan fingerprint density at radius 2 is 1.26 bits per heavy atom. The monoisotopic (exact) mass is 462 g/mol. The van der Waals surface area contributed by atoms with Crippen LogP contribution in [-0.4, -0.2) is 47.0 Å². The molecule has 0 spiro atoms. The highest BCUT2D eigenvalue weighted by Crippen LogP contribution is 2.09. The van der Waals surface area contributed by atoms with Crippen molar-refractivity contribution in [3.05, 3.63) is 108 Å². The number of carbonyl (C=O) groups excluding carboxylic acids is 1. The normalized spacial score (nSPS) is 13.4. The average molecular weight is 463 g/mol. The molecule has 3 rings (SSSR count). The third-order valence-corrected chi connectivity index (χ3v) is 5.43. The summed E-state index contributed by atoms with van der Waals surface area (Å²) < 4.78 is 5.31. The summed E-state index contributed by atoms with van der Waals surface area (Å²) in [6.45, 7) is 0.0947. The number of amides is 1. The number of ether oxygens (including phenoxy) is 1. The lowest BCUT2D eigenvalue weighted by atomic mass is 10.0. The Kier molecular flexibility index (Phi) is 9.64. The molecule has 0 aliphatic heterocycles. The maximum absolute atomic E-state index is 12.5. The Bertz CT molecular complexity index is 1010. The molecule has 4 N–H and O–H groups in total. The van der Waals surface area contributed by atoms with Crippen LogP contribution in [0, 0.1) is 0 Å². The van der Waals surface area contributed by atoms with Gasteiger partial charge in [0.2, 0.25) is 0 Å². The maximum atomic E-state index is 12.5. The quantitative estimate of drug-likeness (QED) is 0.329. The Morgan fingerprint density at radius 1 is 0.765 bits per heavy atom. The smallest absolute Gasteiger partial charge is 0.407 e. The van der Waals surface area contributed by atoms with Crippen molar-refractivity contribution in [3.8, 4) is 0 Å². The fourth-order valence-corrected chi connectivity index (χ4v) is 3.57. The lowest BCUT2D eigenvalue weighted by Crippen LogP contribution is -2.51. The van der Waals surface area contributed by atoms with Crippen molar-refractivity contribution in [1.82, 2.24) is 10.6 Å². The maximum Gasteiger partial charge on any atom is 0.407 e. The number of aliphatic hydroxyl groups is 1. The molecule has 1 unspecified atom stereocenters. The second-order valence-corrected chi connectivity index (χ2v) is 8.06. The van der Waals surface area contributed by atoms with E-state index in [1.54, 1.807) is 0 Å². The molecule has 1 amide bonds. The van der Waals surface area contributed by atoms with E-state index in [1.807, 2.05) is 91.0 Å². The summed E-state index contributed by atoms with van der Waals surface area (Å²) in [5.74, 6) is -1.01. The standard InChI is InChI=1S/C27H30N2O5/c30-25(18-28-24(26(31)32)17-21-12-6-2-7-13-21)23(16-20-10-4-1-5-11-20)29-27(33)34-19-22-14-8-3-9-15-22/h1-15,23-25,28,30H,16-19H2,(H,29,33)(H,31,32)/t23-,24-,25?/m0/s1. The van der Waals surface area contributed by atoms with Crippen LogP contribution in [0.5, 0.6) is 0 Å². The molecule has 0 aromatic heterocycles. The highest BCUT2D eigenvalue weighted by atomic mass is 16.5. The lowest BCUT2D eigenvalue weighted by molar-refractivity contribution is -0.139. The summed E-state index contributed by atoms with van der Waals surface area (Å²) in [4.78, 5) is 24.2. The van der Waals surface area contributed by atoms with Gasteiger partial charge in [0, 0.05) is 6.54 Å². The van der Waals surface area contributed by atoms with Crippen molar-refractivity contribution in [2.45, 2.75) is 37.6 Å². The lowest BCUT2D eigenvalue weighted by Gasteiger charge is -2.26. The highest BCUT2D eigenvalue weighted by Gasteiger charge is 2.25. The van der Waals surface area contributed by atoms with Crippen molar-refractivity contribution in [1.29, 1.82) is 0 Å². The summed E-state index contributed by atoms with van der Waals surface area (Å²) in [5.41, 5.74) is 2.65. The van der Waals surface area contributed by atoms with Gasteiger partial charge in [-0.15, -0.1) is 0 Å². The summed E-state index contributed by atoms with van der Waals surface area (Å²) in [6, 6.07) is 26.5. The molecule has 7 heteroatoms. The molecule has 7 nitrogen and oxygen atoms in total. The fraction of sp³-hybridized carbons (Fsp3) is 0.259. The zero-order valence-electron chi connectivity index (χ0n) is 18.8. The van der Waals surface area contributed by atoms with Gasteiger partial charge in [-0.1, -0.05) is 91.0 Å². The van der Waals surface area contributed by atoms with Crippen molar-refractivity contribution < 1.29 is 24.5 Å². The number of carboxylic acids is 1. The van der Waals surface area contributed by atoms with Crippen LogP contribution < -0.4 is 10.6 Å².